The summed E-state index contributed by atoms with van der Waals surface area (Å²) >= 11 is 6.17. The van der Waals surface area contributed by atoms with Crippen LogP contribution in [-0.2, 0) is 31.5 Å². The molecule has 1 aliphatic carbocycles. The number of methoxy groups -OCH3 is 1. The monoisotopic (exact) mass is 742 g/mol. The van der Waals surface area contributed by atoms with Crippen molar-refractivity contribution in [3.63, 3.8) is 0 Å². The van der Waals surface area contributed by atoms with Crippen LogP contribution in [0.5, 0.6) is 0 Å². The lowest BCUT2D eigenvalue weighted by Gasteiger charge is -2.35. The van der Waals surface area contributed by atoms with Crippen molar-refractivity contribution in [2.45, 2.75) is 57.5 Å². The maximum atomic E-state index is 13.3. The van der Waals surface area contributed by atoms with E-state index in [-0.39, 0.29) is 12.1 Å². The predicted octanol–water partition coefficient (Wildman–Crippen LogP) is 8.33. The van der Waals surface area contributed by atoms with Crippen molar-refractivity contribution in [1.82, 2.24) is 5.32 Å². The van der Waals surface area contributed by atoms with Gasteiger partial charge in [0.15, 0.2) is 0 Å². The summed E-state index contributed by atoms with van der Waals surface area (Å²) in [6.07, 6.45) is 6.64. The molecule has 0 aromatic heterocycles. The summed E-state index contributed by atoms with van der Waals surface area (Å²) in [4.78, 5) is 25.9. The van der Waals surface area contributed by atoms with E-state index in [1.807, 2.05) is 61.5 Å². The molecular weight excluding hydrogens is 696 g/mol. The number of aldehydes is 1. The number of carbonyl (C=O) groups excluding carboxylic acids is 2. The molecule has 0 saturated carbocycles. The van der Waals surface area contributed by atoms with Gasteiger partial charge in [-0.05, 0) is 128 Å². The van der Waals surface area contributed by atoms with Gasteiger partial charge in [0.05, 0.1) is 16.8 Å². The van der Waals surface area contributed by atoms with E-state index < -0.39 is 27.2 Å². The molecule has 0 bridgehead atoms. The van der Waals surface area contributed by atoms with Crippen LogP contribution in [0.2, 0.25) is 5.02 Å². The number of nitrogens with one attached hydrogen (secondary N) is 2. The van der Waals surface area contributed by atoms with Crippen LogP contribution in [0.1, 0.15) is 65.7 Å². The third-order valence-electron chi connectivity index (χ3n) is 10.3. The number of hydrogen-bond donors (Lipinski definition) is 3. The zero-order valence-corrected chi connectivity index (χ0v) is 31.7. The second kappa shape index (κ2) is 16.6. The Morgan fingerprint density at radius 3 is 2.23 bits per heavy atom. The molecule has 1 aliphatic rings. The number of carbonyl (C=O) groups is 2. The Labute approximate surface area is 312 Å². The van der Waals surface area contributed by atoms with Crippen molar-refractivity contribution >= 4 is 45.2 Å². The first kappa shape index (κ1) is 38.9. The Morgan fingerprint density at radius 1 is 0.981 bits per heavy atom. The maximum Gasteiger partial charge on any atom is 0.266 e. The van der Waals surface area contributed by atoms with Gasteiger partial charge >= 0.3 is 0 Å². The third-order valence-corrected chi connectivity index (χ3v) is 11.3. The quantitative estimate of drug-likeness (QED) is 0.0827. The van der Waals surface area contributed by atoms with E-state index in [9.17, 15) is 18.0 Å². The van der Waals surface area contributed by atoms with Crippen molar-refractivity contribution in [2.75, 3.05) is 31.3 Å². The predicted molar refractivity (Wildman–Crippen MR) is 210 cm³/mol. The molecule has 5 rings (SSSR count). The summed E-state index contributed by atoms with van der Waals surface area (Å²) in [6.45, 7) is 6.43. The van der Waals surface area contributed by atoms with Crippen LogP contribution in [0.25, 0.3) is 16.7 Å². The fourth-order valence-corrected chi connectivity index (χ4v) is 7.43. The van der Waals surface area contributed by atoms with Crippen LogP contribution in [0.3, 0.4) is 0 Å². The number of ether oxygens (including phenoxy) is 1. The van der Waals surface area contributed by atoms with Crippen molar-refractivity contribution < 1.29 is 27.3 Å². The lowest BCUT2D eigenvalue weighted by molar-refractivity contribution is -0.112. The molecule has 3 N–H and O–H groups in total. The molecule has 274 valence electrons. The molecule has 10 heteroatoms. The van der Waals surface area contributed by atoms with E-state index in [1.54, 1.807) is 31.4 Å². The van der Waals surface area contributed by atoms with Gasteiger partial charge in [0.1, 0.15) is 6.29 Å². The zero-order valence-electron chi connectivity index (χ0n) is 30.1. The van der Waals surface area contributed by atoms with Crippen molar-refractivity contribution in [3.8, 4) is 11.1 Å². The molecule has 4 aromatic rings. The molecule has 0 aliphatic heterocycles. The highest BCUT2D eigenvalue weighted by atomic mass is 35.5. The molecule has 0 saturated heterocycles. The topological polar surface area (TPSA) is 122 Å². The van der Waals surface area contributed by atoms with Gasteiger partial charge in [0.2, 0.25) is 0 Å². The fraction of sp³-hybridized carbons (Fsp3) is 0.333. The van der Waals surface area contributed by atoms with Crippen molar-refractivity contribution in [2.24, 2.45) is 5.92 Å². The van der Waals surface area contributed by atoms with Crippen LogP contribution >= 0.6 is 11.6 Å². The first-order valence-corrected chi connectivity index (χ1v) is 19.4. The van der Waals surface area contributed by atoms with Gasteiger partial charge in [0.25, 0.3) is 16.0 Å². The van der Waals surface area contributed by atoms with E-state index in [0.29, 0.717) is 29.5 Å². The van der Waals surface area contributed by atoms with Crippen LogP contribution in [0, 0.1) is 12.8 Å². The highest BCUT2D eigenvalue weighted by Gasteiger charge is 2.34. The Bertz CT molecular complexity index is 2010. The minimum atomic E-state index is -4.19. The van der Waals surface area contributed by atoms with Gasteiger partial charge < -0.3 is 20.2 Å². The number of anilines is 1. The molecule has 52 heavy (non-hydrogen) atoms. The average Bonchev–Trinajstić information content (AvgIpc) is 3.13. The number of rotatable bonds is 15. The summed E-state index contributed by atoms with van der Waals surface area (Å²) in [5.41, 5.74) is 7.49. The van der Waals surface area contributed by atoms with Gasteiger partial charge in [-0.25, -0.2) is 0 Å². The maximum absolute atomic E-state index is 13.3. The van der Waals surface area contributed by atoms with Crippen LogP contribution in [0.15, 0.2) is 97.1 Å². The lowest BCUT2D eigenvalue weighted by Crippen LogP contribution is -2.38. The minimum absolute atomic E-state index is 0.178. The molecule has 0 heterocycles. The summed E-state index contributed by atoms with van der Waals surface area (Å²) in [5, 5.41) is 6.71. The van der Waals surface area contributed by atoms with E-state index in [4.69, 9.17) is 20.9 Å². The van der Waals surface area contributed by atoms with Crippen LogP contribution < -0.4 is 10.6 Å². The summed E-state index contributed by atoms with van der Waals surface area (Å²) < 4.78 is 36.8. The largest absolute Gasteiger partial charge is 0.384 e. The second-order valence-electron chi connectivity index (χ2n) is 14.2. The lowest BCUT2D eigenvalue weighted by atomic mass is 9.75. The Balaban J connectivity index is 1.38. The van der Waals surface area contributed by atoms with E-state index in [1.165, 1.54) is 5.57 Å². The van der Waals surface area contributed by atoms with Crippen LogP contribution in [-0.4, -0.2) is 56.7 Å². The first-order valence-electron chi connectivity index (χ1n) is 17.5. The number of allylic oxidation sites excluding steroid dienone is 2. The molecule has 2 atom stereocenters. The van der Waals surface area contributed by atoms with Gasteiger partial charge in [0, 0.05) is 36.5 Å². The number of aryl methyl sites for hydroxylation is 1. The Morgan fingerprint density at radius 2 is 1.65 bits per heavy atom. The number of hydrogen-bond acceptors (Lipinski definition) is 6. The number of halogens is 1. The normalized spacial score (nSPS) is 16.0. The molecular formula is C42H47ClN2O6S. The molecule has 4 aromatic carbocycles. The van der Waals surface area contributed by atoms with E-state index in [0.717, 1.165) is 64.6 Å². The molecule has 0 fully saturated rings. The standard InChI is InChI=1S/C42H47ClN2O6S/c1-29-25-37(43)19-22-39(29)33-13-20-38(21-14-33)45-27-42(28-46,26-30-5-7-34(8-6-30)40(47)44-23-24-52(48,49)50)36-17-11-32(12-18-36)31-9-15-35(16-10-31)41(2,3)51-4/h5-9,11-14,17-22,25,28,35,45H,10,15-16,23-24,26-27H2,1-4H3,(H,44,47)(H,48,49,50)/t35?,42-/m1/s1. The molecule has 0 radical (unpaired) electrons. The smallest absolute Gasteiger partial charge is 0.266 e. The summed E-state index contributed by atoms with van der Waals surface area (Å²) in [5.74, 6) is -0.578. The fourth-order valence-electron chi connectivity index (χ4n) is 6.84. The van der Waals surface area contributed by atoms with Crippen molar-refractivity contribution in [1.29, 1.82) is 0 Å². The minimum Gasteiger partial charge on any atom is -0.384 e. The second-order valence-corrected chi connectivity index (χ2v) is 16.2. The van der Waals surface area contributed by atoms with Crippen LogP contribution in [0.4, 0.5) is 5.69 Å². The number of benzene rings is 4. The van der Waals surface area contributed by atoms with Gasteiger partial charge in [-0.2, -0.15) is 8.42 Å². The Kier molecular flexibility index (Phi) is 12.4. The van der Waals surface area contributed by atoms with Gasteiger partial charge in [-0.15, -0.1) is 0 Å². The SMILES string of the molecule is COC(C)(C)C1CC=C(c2ccc([C@@](C=O)(CNc3ccc(-c4ccc(Cl)cc4C)cc3)Cc3ccc(C(=O)NCCS(=O)(=O)O)cc3)cc2)CC1. The zero-order chi connectivity index (χ0) is 37.5. The highest BCUT2D eigenvalue weighted by Crippen LogP contribution is 2.38. The van der Waals surface area contributed by atoms with E-state index in [2.05, 4.69) is 42.7 Å². The summed E-state index contributed by atoms with van der Waals surface area (Å²) in [7, 11) is -2.42. The first-order chi connectivity index (χ1) is 24.7. The summed E-state index contributed by atoms with van der Waals surface area (Å²) in [6, 6.07) is 29.1. The molecule has 8 nitrogen and oxygen atoms in total. The third kappa shape index (κ3) is 9.77. The molecule has 1 amide bonds. The van der Waals surface area contributed by atoms with E-state index >= 15 is 0 Å². The van der Waals surface area contributed by atoms with Gasteiger partial charge in [-0.1, -0.05) is 72.3 Å². The van der Waals surface area contributed by atoms with Gasteiger partial charge in [-0.3, -0.25) is 9.35 Å². The van der Waals surface area contributed by atoms with Crippen molar-refractivity contribution in [3.05, 3.63) is 130 Å². The Hall–Kier alpha value is -4.28. The average molecular weight is 743 g/mol. The molecule has 1 unspecified atom stereocenters. The molecule has 0 spiro atoms. The highest BCUT2D eigenvalue weighted by molar-refractivity contribution is 7.85. The number of amides is 1.